The van der Waals surface area contributed by atoms with Crippen LogP contribution in [0.25, 0.3) is 0 Å². The van der Waals surface area contributed by atoms with Crippen LogP contribution in [0.2, 0.25) is 0 Å². The van der Waals surface area contributed by atoms with Gasteiger partial charge in [-0.3, -0.25) is 15.1 Å². The summed E-state index contributed by atoms with van der Waals surface area (Å²) in [4.78, 5) is 18.3. The van der Waals surface area contributed by atoms with Gasteiger partial charge in [0.1, 0.15) is 16.7 Å². The molecule has 104 valence electrons. The average Bonchev–Trinajstić information content (AvgIpc) is 2.49. The van der Waals surface area contributed by atoms with Gasteiger partial charge < -0.3 is 0 Å². The van der Waals surface area contributed by atoms with Crippen molar-refractivity contribution in [3.8, 4) is 0 Å². The van der Waals surface area contributed by atoms with Crippen LogP contribution in [-0.2, 0) is 0 Å². The minimum Gasteiger partial charge on any atom is -0.275 e. The molecule has 5 nitrogen and oxygen atoms in total. The lowest BCUT2D eigenvalue weighted by atomic mass is 10.1. The van der Waals surface area contributed by atoms with Crippen molar-refractivity contribution in [2.75, 3.05) is 6.54 Å². The van der Waals surface area contributed by atoms with Gasteiger partial charge in [-0.15, -0.1) is 0 Å². The molecule has 0 spiro atoms. The maximum absolute atomic E-state index is 13.8. The summed E-state index contributed by atoms with van der Waals surface area (Å²) < 4.78 is 13.8. The summed E-state index contributed by atoms with van der Waals surface area (Å²) in [5, 5.41) is 10.6. The Bertz CT molecular complexity index is 640. The van der Waals surface area contributed by atoms with Crippen molar-refractivity contribution in [1.82, 2.24) is 0 Å². The van der Waals surface area contributed by atoms with Gasteiger partial charge in [-0.05, 0) is 19.1 Å². The van der Waals surface area contributed by atoms with E-state index in [9.17, 15) is 14.5 Å². The molecule has 1 aliphatic heterocycles. The van der Waals surface area contributed by atoms with Crippen molar-refractivity contribution in [2.45, 2.75) is 13.0 Å². The van der Waals surface area contributed by atoms with Gasteiger partial charge in [0.05, 0.1) is 11.8 Å². The highest BCUT2D eigenvalue weighted by molar-refractivity contribution is 6.33. The van der Waals surface area contributed by atoms with E-state index >= 15 is 0 Å². The Morgan fingerprint density at radius 3 is 2.80 bits per heavy atom. The molecular weight excluding hydrogens is 285 g/mol. The molecule has 2 rings (SSSR count). The summed E-state index contributed by atoms with van der Waals surface area (Å²) in [7, 11) is 0. The van der Waals surface area contributed by atoms with Crippen molar-refractivity contribution in [2.24, 2.45) is 9.98 Å². The summed E-state index contributed by atoms with van der Waals surface area (Å²) in [5.41, 5.74) is 0.848. The fourth-order valence-corrected chi connectivity index (χ4v) is 2.02. The Balaban J connectivity index is 2.42. The van der Waals surface area contributed by atoms with Crippen LogP contribution in [0, 0.1) is 15.9 Å². The minimum atomic E-state index is -0.539. The van der Waals surface area contributed by atoms with Crippen molar-refractivity contribution < 1.29 is 9.31 Å². The van der Waals surface area contributed by atoms with Crippen LogP contribution < -0.4 is 0 Å². The van der Waals surface area contributed by atoms with Crippen LogP contribution in [0.15, 0.2) is 45.5 Å². The standard InChI is InChI=1S/C13H11ClFN3O2/c1-8-12(7-18(19)20)17-13(14)6-11(16-8)9-4-2-3-5-10(9)15/h2-6,8H,7H2,1H3. The Kier molecular flexibility index (Phi) is 4.24. The predicted octanol–water partition coefficient (Wildman–Crippen LogP) is 2.81. The fraction of sp³-hybridized carbons (Fsp3) is 0.231. The van der Waals surface area contributed by atoms with Crippen LogP contribution in [-0.4, -0.2) is 28.9 Å². The van der Waals surface area contributed by atoms with Gasteiger partial charge in [0.25, 0.3) is 0 Å². The smallest absolute Gasteiger partial charge is 0.243 e. The number of allylic oxidation sites excluding steroid dienone is 1. The number of aliphatic imine (C=N–C) groups is 2. The number of nitrogens with zero attached hydrogens (tertiary/aromatic N) is 3. The summed E-state index contributed by atoms with van der Waals surface area (Å²) in [6.07, 6.45) is 1.41. The minimum absolute atomic E-state index is 0.0493. The molecule has 0 saturated carbocycles. The van der Waals surface area contributed by atoms with Crippen molar-refractivity contribution >= 4 is 23.0 Å². The number of hydrogen-bond donors (Lipinski definition) is 0. The third-order valence-electron chi connectivity index (χ3n) is 2.76. The molecule has 0 N–H and O–H groups in total. The molecule has 1 aromatic carbocycles. The van der Waals surface area contributed by atoms with Crippen molar-refractivity contribution in [1.29, 1.82) is 0 Å². The van der Waals surface area contributed by atoms with Crippen molar-refractivity contribution in [3.05, 3.63) is 57.0 Å². The SMILES string of the molecule is CC1N=C(c2ccccc2F)C=C(Cl)N=C1C[N+](=O)[O-]. The Labute approximate surface area is 119 Å². The van der Waals surface area contributed by atoms with Crippen LogP contribution >= 0.6 is 11.6 Å². The van der Waals surface area contributed by atoms with Crippen LogP contribution in [0.1, 0.15) is 12.5 Å². The molecule has 0 radical (unpaired) electrons. The molecular formula is C13H11ClFN3O2. The predicted molar refractivity (Wildman–Crippen MR) is 75.6 cm³/mol. The first-order valence-corrected chi connectivity index (χ1v) is 6.24. The zero-order valence-corrected chi connectivity index (χ0v) is 11.3. The van der Waals surface area contributed by atoms with Crippen LogP contribution in [0.5, 0.6) is 0 Å². The van der Waals surface area contributed by atoms with Gasteiger partial charge in [0.15, 0.2) is 0 Å². The maximum Gasteiger partial charge on any atom is 0.243 e. The third kappa shape index (κ3) is 3.27. The van der Waals surface area contributed by atoms with E-state index in [1.54, 1.807) is 25.1 Å². The highest BCUT2D eigenvalue weighted by Crippen LogP contribution is 2.17. The van der Waals surface area contributed by atoms with E-state index in [2.05, 4.69) is 9.98 Å². The van der Waals surface area contributed by atoms with E-state index in [1.165, 1.54) is 12.1 Å². The molecule has 0 saturated heterocycles. The normalized spacial score (nSPS) is 18.8. The van der Waals surface area contributed by atoms with Gasteiger partial charge in [-0.1, -0.05) is 23.7 Å². The number of rotatable bonds is 3. The Morgan fingerprint density at radius 1 is 1.45 bits per heavy atom. The maximum atomic E-state index is 13.8. The second-order valence-corrected chi connectivity index (χ2v) is 4.62. The number of nitro groups is 1. The molecule has 1 aliphatic rings. The van der Waals surface area contributed by atoms with E-state index in [1.807, 2.05) is 0 Å². The summed E-state index contributed by atoms with van der Waals surface area (Å²) in [6.45, 7) is 1.21. The van der Waals surface area contributed by atoms with Gasteiger partial charge in [0.2, 0.25) is 6.54 Å². The lowest BCUT2D eigenvalue weighted by Gasteiger charge is -2.07. The van der Waals surface area contributed by atoms with Crippen molar-refractivity contribution in [3.63, 3.8) is 0 Å². The molecule has 0 aliphatic carbocycles. The number of halogens is 2. The molecule has 0 amide bonds. The number of benzene rings is 1. The molecule has 0 aromatic heterocycles. The van der Waals surface area contributed by atoms with Crippen LogP contribution in [0.4, 0.5) is 4.39 Å². The molecule has 1 heterocycles. The fourth-order valence-electron chi connectivity index (χ4n) is 1.81. The molecule has 20 heavy (non-hydrogen) atoms. The Morgan fingerprint density at radius 2 is 2.15 bits per heavy atom. The van der Waals surface area contributed by atoms with E-state index in [4.69, 9.17) is 11.6 Å². The number of hydrogen-bond acceptors (Lipinski definition) is 4. The molecule has 1 unspecified atom stereocenters. The molecule has 1 atom stereocenters. The summed E-state index contributed by atoms with van der Waals surface area (Å²) >= 11 is 5.91. The van der Waals surface area contributed by atoms with Gasteiger partial charge >= 0.3 is 0 Å². The van der Waals surface area contributed by atoms with E-state index in [0.29, 0.717) is 5.71 Å². The second-order valence-electron chi connectivity index (χ2n) is 4.23. The zero-order chi connectivity index (χ0) is 14.7. The molecule has 1 aromatic rings. The van der Waals surface area contributed by atoms with E-state index in [-0.39, 0.29) is 16.4 Å². The summed E-state index contributed by atoms with van der Waals surface area (Å²) in [5.74, 6) is -0.433. The van der Waals surface area contributed by atoms with E-state index in [0.717, 1.165) is 0 Å². The summed E-state index contributed by atoms with van der Waals surface area (Å²) in [6, 6.07) is 5.59. The zero-order valence-electron chi connectivity index (χ0n) is 10.6. The molecule has 7 heteroatoms. The highest BCUT2D eigenvalue weighted by atomic mass is 35.5. The van der Waals surface area contributed by atoms with E-state index < -0.39 is 23.3 Å². The monoisotopic (exact) mass is 295 g/mol. The topological polar surface area (TPSA) is 67.9 Å². The van der Waals surface area contributed by atoms with Gasteiger partial charge in [-0.25, -0.2) is 9.38 Å². The lowest BCUT2D eigenvalue weighted by molar-refractivity contribution is -0.463. The lowest BCUT2D eigenvalue weighted by Crippen LogP contribution is -2.24. The first-order valence-electron chi connectivity index (χ1n) is 5.86. The third-order valence-corrected chi connectivity index (χ3v) is 2.96. The highest BCUT2D eigenvalue weighted by Gasteiger charge is 2.20. The largest absolute Gasteiger partial charge is 0.275 e. The van der Waals surface area contributed by atoms with Gasteiger partial charge in [0, 0.05) is 16.6 Å². The average molecular weight is 296 g/mol. The molecule has 0 fully saturated rings. The first-order chi connectivity index (χ1) is 9.47. The quantitative estimate of drug-likeness (QED) is 0.489. The molecule has 0 bridgehead atoms. The van der Waals surface area contributed by atoms with Crippen LogP contribution in [0.3, 0.4) is 0 Å². The Hall–Kier alpha value is -2.08. The second kappa shape index (κ2) is 5.92. The van der Waals surface area contributed by atoms with Gasteiger partial charge in [-0.2, -0.15) is 0 Å². The first kappa shape index (κ1) is 14.3.